The predicted molar refractivity (Wildman–Crippen MR) is 131 cm³/mol. The SMILES string of the molecule is CC(C)CC(NC(=O)C(Cc1cnc[nH]1)NC(=O)C(NC(=O)C(N)CCCCN)C(C)C)C(=O)O. The standard InChI is InChI=1S/C23H41N7O5/c1-13(2)9-18(23(34)35)29-21(32)17(10-15-11-26-12-27-15)28-22(33)19(14(3)4)30-20(31)16(25)7-5-6-8-24/h11-14,16-19H,5-10,24-25H2,1-4H3,(H,26,27)(H,28,33)(H,29,32)(H,30,31)(H,34,35). The van der Waals surface area contributed by atoms with E-state index < -0.39 is 47.9 Å². The van der Waals surface area contributed by atoms with Crippen molar-refractivity contribution in [2.45, 2.75) is 84.0 Å². The van der Waals surface area contributed by atoms with Gasteiger partial charge in [0.05, 0.1) is 12.4 Å². The number of imidazole rings is 1. The molecule has 0 spiro atoms. The van der Waals surface area contributed by atoms with Crippen LogP contribution in [0.5, 0.6) is 0 Å². The highest BCUT2D eigenvalue weighted by molar-refractivity contribution is 5.94. The number of hydrogen-bond donors (Lipinski definition) is 7. The summed E-state index contributed by atoms with van der Waals surface area (Å²) in [5.74, 6) is -3.10. The van der Waals surface area contributed by atoms with Crippen molar-refractivity contribution in [1.82, 2.24) is 25.9 Å². The Morgan fingerprint density at radius 2 is 1.66 bits per heavy atom. The van der Waals surface area contributed by atoms with Crippen LogP contribution in [0, 0.1) is 11.8 Å². The molecule has 9 N–H and O–H groups in total. The first-order valence-electron chi connectivity index (χ1n) is 12.0. The van der Waals surface area contributed by atoms with Crippen molar-refractivity contribution in [3.63, 3.8) is 0 Å². The van der Waals surface area contributed by atoms with Crippen molar-refractivity contribution in [3.8, 4) is 0 Å². The number of carbonyl (C=O) groups excluding carboxylic acids is 3. The number of carboxylic acids is 1. The number of nitrogens with one attached hydrogen (secondary N) is 4. The van der Waals surface area contributed by atoms with Crippen LogP contribution < -0.4 is 27.4 Å². The summed E-state index contributed by atoms with van der Waals surface area (Å²) in [6.07, 6.45) is 5.12. The molecule has 1 aromatic heterocycles. The van der Waals surface area contributed by atoms with Crippen LogP contribution in [0.1, 0.15) is 59.1 Å². The van der Waals surface area contributed by atoms with Crippen molar-refractivity contribution < 1.29 is 24.3 Å². The van der Waals surface area contributed by atoms with E-state index in [1.807, 2.05) is 13.8 Å². The van der Waals surface area contributed by atoms with E-state index in [0.29, 0.717) is 25.1 Å². The molecule has 198 valence electrons. The number of carboxylic acid groups (broad SMARTS) is 1. The molecule has 12 nitrogen and oxygen atoms in total. The van der Waals surface area contributed by atoms with Gasteiger partial charge in [-0.25, -0.2) is 9.78 Å². The molecule has 0 aliphatic carbocycles. The summed E-state index contributed by atoms with van der Waals surface area (Å²) in [4.78, 5) is 57.1. The molecule has 12 heteroatoms. The molecular formula is C23H41N7O5. The lowest BCUT2D eigenvalue weighted by molar-refractivity contribution is -0.142. The second-order valence-corrected chi connectivity index (χ2v) is 9.49. The number of aromatic amines is 1. The Balaban J connectivity index is 2.98. The van der Waals surface area contributed by atoms with Crippen LogP contribution in [0.4, 0.5) is 0 Å². The van der Waals surface area contributed by atoms with Gasteiger partial charge in [0.25, 0.3) is 0 Å². The van der Waals surface area contributed by atoms with Gasteiger partial charge in [-0.15, -0.1) is 0 Å². The van der Waals surface area contributed by atoms with Crippen LogP contribution in [0.15, 0.2) is 12.5 Å². The summed E-state index contributed by atoms with van der Waals surface area (Å²) in [5, 5.41) is 17.4. The molecule has 1 rings (SSSR count). The zero-order chi connectivity index (χ0) is 26.5. The minimum atomic E-state index is -1.16. The van der Waals surface area contributed by atoms with Gasteiger partial charge in [-0.05, 0) is 37.6 Å². The fourth-order valence-corrected chi connectivity index (χ4v) is 3.49. The van der Waals surface area contributed by atoms with Crippen LogP contribution in [0.3, 0.4) is 0 Å². The average Bonchev–Trinajstić information content (AvgIpc) is 3.28. The van der Waals surface area contributed by atoms with E-state index in [9.17, 15) is 24.3 Å². The summed E-state index contributed by atoms with van der Waals surface area (Å²) in [6, 6.07) is -3.91. The lowest BCUT2D eigenvalue weighted by Gasteiger charge is -2.27. The van der Waals surface area contributed by atoms with Crippen LogP contribution in [0.25, 0.3) is 0 Å². The van der Waals surface area contributed by atoms with Gasteiger partial charge in [-0.2, -0.15) is 0 Å². The third-order valence-corrected chi connectivity index (χ3v) is 5.49. The molecule has 1 heterocycles. The van der Waals surface area contributed by atoms with E-state index in [2.05, 4.69) is 25.9 Å². The molecule has 35 heavy (non-hydrogen) atoms. The van der Waals surface area contributed by atoms with Crippen LogP contribution >= 0.6 is 0 Å². The van der Waals surface area contributed by atoms with Crippen molar-refractivity contribution in [1.29, 1.82) is 0 Å². The minimum Gasteiger partial charge on any atom is -0.480 e. The quantitative estimate of drug-likeness (QED) is 0.150. The second-order valence-electron chi connectivity index (χ2n) is 9.49. The van der Waals surface area contributed by atoms with Crippen LogP contribution in [0.2, 0.25) is 0 Å². The number of hydrogen-bond acceptors (Lipinski definition) is 7. The van der Waals surface area contributed by atoms with Gasteiger partial charge in [0.2, 0.25) is 17.7 Å². The van der Waals surface area contributed by atoms with Gasteiger partial charge < -0.3 is 37.5 Å². The van der Waals surface area contributed by atoms with E-state index in [1.165, 1.54) is 12.5 Å². The molecule has 0 radical (unpaired) electrons. The number of aromatic nitrogens is 2. The van der Waals surface area contributed by atoms with Crippen molar-refractivity contribution in [2.24, 2.45) is 23.3 Å². The van der Waals surface area contributed by atoms with Crippen molar-refractivity contribution in [2.75, 3.05) is 6.54 Å². The molecule has 0 fully saturated rings. The maximum absolute atomic E-state index is 13.1. The van der Waals surface area contributed by atoms with E-state index in [4.69, 9.17) is 11.5 Å². The molecule has 0 aliphatic heterocycles. The Bertz CT molecular complexity index is 813. The Hall–Kier alpha value is -2.99. The molecule has 0 bridgehead atoms. The summed E-state index contributed by atoms with van der Waals surface area (Å²) < 4.78 is 0. The molecule has 0 aliphatic rings. The fourth-order valence-electron chi connectivity index (χ4n) is 3.49. The molecule has 0 saturated carbocycles. The Labute approximate surface area is 206 Å². The first-order chi connectivity index (χ1) is 16.5. The number of nitrogens with zero attached hydrogens (tertiary/aromatic N) is 1. The molecule has 0 saturated heterocycles. The van der Waals surface area contributed by atoms with E-state index in [-0.39, 0.29) is 24.7 Å². The normalized spacial score (nSPS) is 14.7. The number of rotatable bonds is 16. The number of unbranched alkanes of at least 4 members (excludes halogenated alkanes) is 1. The molecular weight excluding hydrogens is 454 g/mol. The number of amides is 3. The second kappa shape index (κ2) is 15.1. The maximum atomic E-state index is 13.1. The van der Waals surface area contributed by atoms with Crippen LogP contribution in [-0.2, 0) is 25.6 Å². The van der Waals surface area contributed by atoms with Gasteiger partial charge in [0.1, 0.15) is 18.1 Å². The average molecular weight is 496 g/mol. The summed E-state index contributed by atoms with van der Waals surface area (Å²) in [5.41, 5.74) is 12.0. The number of aliphatic carboxylic acids is 1. The highest BCUT2D eigenvalue weighted by Gasteiger charge is 2.32. The minimum absolute atomic E-state index is 0.0339. The van der Waals surface area contributed by atoms with Gasteiger partial charge in [0, 0.05) is 18.3 Å². The molecule has 3 amide bonds. The molecule has 4 unspecified atom stereocenters. The Morgan fingerprint density at radius 3 is 2.17 bits per heavy atom. The topological polar surface area (TPSA) is 205 Å². The van der Waals surface area contributed by atoms with Gasteiger partial charge >= 0.3 is 5.97 Å². The number of H-pyrrole nitrogens is 1. The lowest BCUT2D eigenvalue weighted by atomic mass is 10.0. The molecule has 4 atom stereocenters. The fraction of sp³-hybridized carbons (Fsp3) is 0.696. The number of nitrogens with two attached hydrogens (primary N) is 2. The monoisotopic (exact) mass is 495 g/mol. The third kappa shape index (κ3) is 10.9. The van der Waals surface area contributed by atoms with Crippen LogP contribution in [-0.4, -0.2) is 69.5 Å². The van der Waals surface area contributed by atoms with E-state index >= 15 is 0 Å². The number of carbonyl (C=O) groups is 4. The summed E-state index contributed by atoms with van der Waals surface area (Å²) in [7, 11) is 0. The van der Waals surface area contributed by atoms with Gasteiger partial charge in [-0.1, -0.05) is 34.1 Å². The summed E-state index contributed by atoms with van der Waals surface area (Å²) in [6.45, 7) is 7.73. The van der Waals surface area contributed by atoms with E-state index in [1.54, 1.807) is 13.8 Å². The van der Waals surface area contributed by atoms with Gasteiger partial charge in [0.15, 0.2) is 0 Å². The van der Waals surface area contributed by atoms with Crippen molar-refractivity contribution >= 4 is 23.7 Å². The lowest BCUT2D eigenvalue weighted by Crippen LogP contribution is -2.59. The smallest absolute Gasteiger partial charge is 0.326 e. The zero-order valence-corrected chi connectivity index (χ0v) is 21.0. The molecule has 0 aromatic carbocycles. The summed E-state index contributed by atoms with van der Waals surface area (Å²) >= 11 is 0. The first-order valence-corrected chi connectivity index (χ1v) is 12.0. The molecule has 1 aromatic rings. The van der Waals surface area contributed by atoms with E-state index in [0.717, 1.165) is 6.42 Å². The van der Waals surface area contributed by atoms with Crippen molar-refractivity contribution in [3.05, 3.63) is 18.2 Å². The Kier molecular flexibility index (Phi) is 13.0. The zero-order valence-electron chi connectivity index (χ0n) is 21.0. The first kappa shape index (κ1) is 30.0. The Morgan fingerprint density at radius 1 is 1.00 bits per heavy atom. The van der Waals surface area contributed by atoms with Gasteiger partial charge in [-0.3, -0.25) is 14.4 Å². The third-order valence-electron chi connectivity index (χ3n) is 5.49. The maximum Gasteiger partial charge on any atom is 0.326 e. The largest absolute Gasteiger partial charge is 0.480 e. The predicted octanol–water partition coefficient (Wildman–Crippen LogP) is -0.350. The highest BCUT2D eigenvalue weighted by Crippen LogP contribution is 2.09. The highest BCUT2D eigenvalue weighted by atomic mass is 16.4.